The number of anilines is 1. The van der Waals surface area contributed by atoms with Gasteiger partial charge in [-0.15, -0.1) is 0 Å². The van der Waals surface area contributed by atoms with Crippen LogP contribution in [0.2, 0.25) is 0 Å². The van der Waals surface area contributed by atoms with Gasteiger partial charge in [0.25, 0.3) is 5.56 Å². The fourth-order valence-electron chi connectivity index (χ4n) is 2.32. The molecule has 3 aromatic rings. The van der Waals surface area contributed by atoms with E-state index in [9.17, 15) is 9.59 Å². The van der Waals surface area contributed by atoms with Gasteiger partial charge in [0.1, 0.15) is 6.54 Å². The first-order valence-electron chi connectivity index (χ1n) is 7.62. The van der Waals surface area contributed by atoms with Crippen molar-refractivity contribution in [3.63, 3.8) is 0 Å². The van der Waals surface area contributed by atoms with Crippen molar-refractivity contribution in [3.05, 3.63) is 64.5 Å². The molecule has 0 spiro atoms. The highest BCUT2D eigenvalue weighted by Crippen LogP contribution is 2.13. The molecule has 0 aliphatic heterocycles. The van der Waals surface area contributed by atoms with E-state index < -0.39 is 5.91 Å². The topological polar surface area (TPSA) is 103 Å². The van der Waals surface area contributed by atoms with Crippen LogP contribution in [-0.4, -0.2) is 30.6 Å². The molecule has 8 nitrogen and oxygen atoms in total. The summed E-state index contributed by atoms with van der Waals surface area (Å²) in [6, 6.07) is 8.35. The highest BCUT2D eigenvalue weighted by molar-refractivity contribution is 5.88. The lowest BCUT2D eigenvalue weighted by Gasteiger charge is -2.08. The van der Waals surface area contributed by atoms with E-state index in [0.717, 1.165) is 21.6 Å². The molecule has 0 bridgehead atoms. The zero-order valence-corrected chi connectivity index (χ0v) is 13.8. The first-order valence-corrected chi connectivity index (χ1v) is 7.62. The number of nitrogens with zero attached hydrogens (tertiary/aromatic N) is 5. The van der Waals surface area contributed by atoms with Crippen LogP contribution in [0.5, 0.6) is 0 Å². The Hall–Kier alpha value is -3.42. The Labute approximate surface area is 143 Å². The standard InChI is InChI=1S/C17H16N6O2/c1-11-9-12(2)20-17(19-11)21-15(24)10-23-16(25)4-3-14(22-23)13-5-7-18-8-6-13/h3-9H,10H2,1-2H3,(H,19,20,21,24). The van der Waals surface area contributed by atoms with E-state index in [1.807, 2.05) is 13.8 Å². The van der Waals surface area contributed by atoms with Crippen LogP contribution >= 0.6 is 0 Å². The quantitative estimate of drug-likeness (QED) is 0.771. The Bertz CT molecular complexity index is 948. The number of carbonyl (C=O) groups excluding carboxylic acids is 1. The molecule has 0 atom stereocenters. The van der Waals surface area contributed by atoms with Crippen LogP contribution in [0.1, 0.15) is 11.4 Å². The number of carbonyl (C=O) groups is 1. The van der Waals surface area contributed by atoms with Crippen LogP contribution in [-0.2, 0) is 11.3 Å². The number of hydrogen-bond donors (Lipinski definition) is 1. The van der Waals surface area contributed by atoms with Gasteiger partial charge in [0, 0.05) is 35.4 Å². The molecule has 0 aliphatic rings. The average molecular weight is 336 g/mol. The molecule has 3 aromatic heterocycles. The predicted octanol–water partition coefficient (Wildman–Crippen LogP) is 1.35. The maximum absolute atomic E-state index is 12.2. The fraction of sp³-hybridized carbons (Fsp3) is 0.176. The molecule has 0 unspecified atom stereocenters. The number of nitrogens with one attached hydrogen (secondary N) is 1. The summed E-state index contributed by atoms with van der Waals surface area (Å²) in [5, 5.41) is 6.82. The first-order chi connectivity index (χ1) is 12.0. The van der Waals surface area contributed by atoms with Crippen LogP contribution in [0.15, 0.2) is 47.5 Å². The molecule has 0 aliphatic carbocycles. The van der Waals surface area contributed by atoms with E-state index in [2.05, 4.69) is 25.4 Å². The number of hydrogen-bond acceptors (Lipinski definition) is 6. The van der Waals surface area contributed by atoms with Crippen molar-refractivity contribution in [2.75, 3.05) is 5.32 Å². The molecular weight excluding hydrogens is 320 g/mol. The molecule has 0 fully saturated rings. The third-order valence-electron chi connectivity index (χ3n) is 3.37. The second-order valence-corrected chi connectivity index (χ2v) is 5.47. The molecule has 25 heavy (non-hydrogen) atoms. The summed E-state index contributed by atoms with van der Waals surface area (Å²) < 4.78 is 1.10. The maximum Gasteiger partial charge on any atom is 0.267 e. The Balaban J connectivity index is 1.80. The smallest absolute Gasteiger partial charge is 0.267 e. The molecular formula is C17H16N6O2. The van der Waals surface area contributed by atoms with E-state index >= 15 is 0 Å². The van der Waals surface area contributed by atoms with Crippen LogP contribution in [0.4, 0.5) is 5.95 Å². The molecule has 3 rings (SSSR count). The van der Waals surface area contributed by atoms with Crippen LogP contribution in [0.3, 0.4) is 0 Å². The van der Waals surface area contributed by atoms with Gasteiger partial charge in [0.05, 0.1) is 5.69 Å². The van der Waals surface area contributed by atoms with Crippen LogP contribution in [0.25, 0.3) is 11.3 Å². The Morgan fingerprint density at radius 3 is 2.44 bits per heavy atom. The summed E-state index contributed by atoms with van der Waals surface area (Å²) in [7, 11) is 0. The fourth-order valence-corrected chi connectivity index (χ4v) is 2.32. The zero-order chi connectivity index (χ0) is 17.8. The Kier molecular flexibility index (Phi) is 4.60. The van der Waals surface area contributed by atoms with E-state index in [4.69, 9.17) is 0 Å². The number of amides is 1. The van der Waals surface area contributed by atoms with Crippen LogP contribution < -0.4 is 10.9 Å². The second-order valence-electron chi connectivity index (χ2n) is 5.47. The molecule has 3 heterocycles. The van der Waals surface area contributed by atoms with E-state index in [1.165, 1.54) is 6.07 Å². The van der Waals surface area contributed by atoms with Crippen molar-refractivity contribution in [2.45, 2.75) is 20.4 Å². The predicted molar refractivity (Wildman–Crippen MR) is 91.9 cm³/mol. The molecule has 1 amide bonds. The largest absolute Gasteiger partial charge is 0.293 e. The van der Waals surface area contributed by atoms with Crippen LogP contribution in [0, 0.1) is 13.8 Å². The lowest BCUT2D eigenvalue weighted by atomic mass is 10.2. The van der Waals surface area contributed by atoms with E-state index in [0.29, 0.717) is 5.69 Å². The SMILES string of the molecule is Cc1cc(C)nc(NC(=O)Cn2nc(-c3ccncc3)ccc2=O)n1. The molecule has 0 saturated carbocycles. The van der Waals surface area contributed by atoms with Gasteiger partial charge in [-0.25, -0.2) is 14.6 Å². The molecule has 1 N–H and O–H groups in total. The van der Waals surface area contributed by atoms with Crippen molar-refractivity contribution >= 4 is 11.9 Å². The molecule has 0 aromatic carbocycles. The van der Waals surface area contributed by atoms with Gasteiger partial charge in [-0.05, 0) is 38.1 Å². The Morgan fingerprint density at radius 1 is 1.08 bits per heavy atom. The average Bonchev–Trinajstić information content (AvgIpc) is 2.56. The Morgan fingerprint density at radius 2 is 1.76 bits per heavy atom. The number of pyridine rings is 1. The second kappa shape index (κ2) is 7.00. The monoisotopic (exact) mass is 336 g/mol. The minimum atomic E-state index is -0.425. The van der Waals surface area contributed by atoms with Gasteiger partial charge in [-0.2, -0.15) is 5.10 Å². The summed E-state index contributed by atoms with van der Waals surface area (Å²) >= 11 is 0. The number of aromatic nitrogens is 5. The number of rotatable bonds is 4. The van der Waals surface area contributed by atoms with Gasteiger partial charge in [-0.1, -0.05) is 0 Å². The summed E-state index contributed by atoms with van der Waals surface area (Å²) in [5.41, 5.74) is 2.52. The molecule has 0 radical (unpaired) electrons. The molecule has 126 valence electrons. The summed E-state index contributed by atoms with van der Waals surface area (Å²) in [6.45, 7) is 3.40. The molecule has 0 saturated heterocycles. The minimum absolute atomic E-state index is 0.209. The third-order valence-corrected chi connectivity index (χ3v) is 3.37. The van der Waals surface area contributed by atoms with Gasteiger partial charge in [0.2, 0.25) is 11.9 Å². The van der Waals surface area contributed by atoms with Crippen molar-refractivity contribution in [2.24, 2.45) is 0 Å². The summed E-state index contributed by atoms with van der Waals surface area (Å²) in [5.74, 6) is -0.215. The van der Waals surface area contributed by atoms with Gasteiger partial charge in [-0.3, -0.25) is 19.9 Å². The van der Waals surface area contributed by atoms with Gasteiger partial charge >= 0.3 is 0 Å². The van der Waals surface area contributed by atoms with Gasteiger partial charge in [0.15, 0.2) is 0 Å². The van der Waals surface area contributed by atoms with E-state index in [1.54, 1.807) is 36.7 Å². The highest BCUT2D eigenvalue weighted by Gasteiger charge is 2.10. The highest BCUT2D eigenvalue weighted by atomic mass is 16.2. The van der Waals surface area contributed by atoms with E-state index in [-0.39, 0.29) is 18.1 Å². The lowest BCUT2D eigenvalue weighted by Crippen LogP contribution is -2.29. The zero-order valence-electron chi connectivity index (χ0n) is 13.8. The normalized spacial score (nSPS) is 10.5. The lowest BCUT2D eigenvalue weighted by molar-refractivity contribution is -0.117. The summed E-state index contributed by atoms with van der Waals surface area (Å²) in [4.78, 5) is 36.4. The third kappa shape index (κ3) is 4.11. The first kappa shape index (κ1) is 16.4. The maximum atomic E-state index is 12.2. The van der Waals surface area contributed by atoms with Gasteiger partial charge < -0.3 is 0 Å². The minimum Gasteiger partial charge on any atom is -0.293 e. The van der Waals surface area contributed by atoms with Crippen molar-refractivity contribution in [3.8, 4) is 11.3 Å². The van der Waals surface area contributed by atoms with Crippen molar-refractivity contribution in [1.82, 2.24) is 24.7 Å². The molecule has 8 heteroatoms. The summed E-state index contributed by atoms with van der Waals surface area (Å²) in [6.07, 6.45) is 3.27. The number of aryl methyl sites for hydroxylation is 2. The van der Waals surface area contributed by atoms with Crippen molar-refractivity contribution < 1.29 is 4.79 Å². The van der Waals surface area contributed by atoms with Crippen molar-refractivity contribution in [1.29, 1.82) is 0 Å².